The van der Waals surface area contributed by atoms with Gasteiger partial charge in [-0.15, -0.1) is 0 Å². The molecule has 0 spiro atoms. The molecule has 5 rings (SSSR count). The third-order valence-electron chi connectivity index (χ3n) is 4.58. The minimum absolute atomic E-state index is 0.0439. The monoisotopic (exact) mass is 361 g/mol. The Morgan fingerprint density at radius 1 is 1.15 bits per heavy atom. The van der Waals surface area contributed by atoms with Crippen LogP contribution < -0.4 is 0 Å². The molecule has 8 nitrogen and oxygen atoms in total. The number of rotatable bonds is 4. The van der Waals surface area contributed by atoms with Crippen molar-refractivity contribution in [2.24, 2.45) is 0 Å². The van der Waals surface area contributed by atoms with Crippen LogP contribution in [-0.4, -0.2) is 44.2 Å². The number of benzene rings is 1. The van der Waals surface area contributed by atoms with Crippen LogP contribution >= 0.6 is 0 Å². The highest BCUT2D eigenvalue weighted by molar-refractivity contribution is 5.93. The maximum Gasteiger partial charge on any atom is 0.274 e. The van der Waals surface area contributed by atoms with Crippen LogP contribution in [0.1, 0.15) is 22.3 Å². The first kappa shape index (κ1) is 15.6. The second kappa shape index (κ2) is 6.24. The van der Waals surface area contributed by atoms with Crippen LogP contribution in [0.3, 0.4) is 0 Å². The summed E-state index contributed by atoms with van der Waals surface area (Å²) in [6.07, 6.45) is 1.58. The maximum atomic E-state index is 12.6. The largest absolute Gasteiger partial charge is 0.463 e. The second-order valence-electron chi connectivity index (χ2n) is 6.37. The van der Waals surface area contributed by atoms with Gasteiger partial charge in [-0.25, -0.2) is 0 Å². The summed E-state index contributed by atoms with van der Waals surface area (Å²) in [7, 11) is 0. The van der Waals surface area contributed by atoms with Gasteiger partial charge in [-0.05, 0) is 12.1 Å². The number of carbonyl (C=O) groups excluding carboxylic acids is 1. The van der Waals surface area contributed by atoms with Crippen molar-refractivity contribution in [1.29, 1.82) is 0 Å². The Labute approximate surface area is 153 Å². The lowest BCUT2D eigenvalue weighted by atomic mass is 9.99. The third kappa shape index (κ3) is 2.80. The molecular formula is C19H15N5O3. The van der Waals surface area contributed by atoms with Gasteiger partial charge in [0.2, 0.25) is 11.7 Å². The van der Waals surface area contributed by atoms with Crippen LogP contribution in [0.5, 0.6) is 0 Å². The molecule has 0 radical (unpaired) electrons. The molecule has 1 fully saturated rings. The van der Waals surface area contributed by atoms with Crippen molar-refractivity contribution in [2.45, 2.75) is 5.92 Å². The van der Waals surface area contributed by atoms with Crippen molar-refractivity contribution >= 4 is 5.91 Å². The fourth-order valence-electron chi connectivity index (χ4n) is 3.06. The number of aromatic amines is 1. The van der Waals surface area contributed by atoms with Gasteiger partial charge in [-0.3, -0.25) is 9.89 Å². The second-order valence-corrected chi connectivity index (χ2v) is 6.37. The van der Waals surface area contributed by atoms with Gasteiger partial charge < -0.3 is 13.8 Å². The lowest BCUT2D eigenvalue weighted by Gasteiger charge is -2.36. The number of likely N-dealkylation sites (tertiary alicyclic amines) is 1. The zero-order chi connectivity index (χ0) is 18.2. The summed E-state index contributed by atoms with van der Waals surface area (Å²) in [6, 6.07) is 14.9. The van der Waals surface area contributed by atoms with E-state index in [0.29, 0.717) is 42.0 Å². The molecule has 0 unspecified atom stereocenters. The number of hydrogen-bond donors (Lipinski definition) is 1. The number of nitrogens with one attached hydrogen (secondary N) is 1. The van der Waals surface area contributed by atoms with Gasteiger partial charge in [-0.2, -0.15) is 10.1 Å². The lowest BCUT2D eigenvalue weighted by Crippen LogP contribution is -2.48. The quantitative estimate of drug-likeness (QED) is 0.600. The minimum atomic E-state index is -0.136. The molecule has 0 atom stereocenters. The average Bonchev–Trinajstić information content (AvgIpc) is 3.41. The molecule has 1 saturated heterocycles. The van der Waals surface area contributed by atoms with Crippen molar-refractivity contribution in [2.75, 3.05) is 13.1 Å². The molecule has 1 aliphatic heterocycles. The summed E-state index contributed by atoms with van der Waals surface area (Å²) in [5, 5.41) is 10.9. The van der Waals surface area contributed by atoms with Crippen molar-refractivity contribution < 1.29 is 13.7 Å². The van der Waals surface area contributed by atoms with E-state index in [1.54, 1.807) is 29.4 Å². The van der Waals surface area contributed by atoms with E-state index >= 15 is 0 Å². The van der Waals surface area contributed by atoms with Gasteiger partial charge in [0.25, 0.3) is 5.91 Å². The molecule has 4 aromatic rings. The van der Waals surface area contributed by atoms with E-state index in [4.69, 9.17) is 8.94 Å². The SMILES string of the molecule is O=C(c1cc(-c2ccco2)[nH]n1)N1CC(c2nc(-c3ccccc3)no2)C1. The van der Waals surface area contributed by atoms with Gasteiger partial charge in [0.05, 0.1) is 12.2 Å². The van der Waals surface area contributed by atoms with Gasteiger partial charge in [0, 0.05) is 24.7 Å². The predicted molar refractivity (Wildman–Crippen MR) is 94.7 cm³/mol. The fourth-order valence-corrected chi connectivity index (χ4v) is 3.06. The Bertz CT molecular complexity index is 1060. The molecule has 1 amide bonds. The standard InChI is InChI=1S/C19H15N5O3/c25-19(15-9-14(21-22-15)16-7-4-8-26-16)24-10-13(11-24)18-20-17(23-27-18)12-5-2-1-3-6-12/h1-9,13H,10-11H2,(H,21,22). The van der Waals surface area contributed by atoms with Crippen molar-refractivity contribution in [3.05, 3.63) is 66.4 Å². The molecule has 0 aliphatic carbocycles. The highest BCUT2D eigenvalue weighted by Crippen LogP contribution is 2.29. The Kier molecular flexibility index (Phi) is 3.60. The molecule has 4 heterocycles. The Hall–Kier alpha value is -3.68. The Morgan fingerprint density at radius 3 is 2.78 bits per heavy atom. The summed E-state index contributed by atoms with van der Waals surface area (Å²) >= 11 is 0. The first-order valence-corrected chi connectivity index (χ1v) is 8.55. The van der Waals surface area contributed by atoms with Crippen LogP contribution in [0.2, 0.25) is 0 Å². The molecule has 0 bridgehead atoms. The number of H-pyrrole nitrogens is 1. The summed E-state index contributed by atoms with van der Waals surface area (Å²) in [5.74, 6) is 1.66. The summed E-state index contributed by atoms with van der Waals surface area (Å²) in [5.41, 5.74) is 1.93. The number of nitrogens with zero attached hydrogens (tertiary/aromatic N) is 4. The first-order valence-electron chi connectivity index (χ1n) is 8.55. The van der Waals surface area contributed by atoms with Gasteiger partial charge >= 0.3 is 0 Å². The fraction of sp³-hybridized carbons (Fsp3) is 0.158. The maximum absolute atomic E-state index is 12.6. The minimum Gasteiger partial charge on any atom is -0.463 e. The molecule has 3 aromatic heterocycles. The summed E-state index contributed by atoms with van der Waals surface area (Å²) < 4.78 is 10.7. The van der Waals surface area contributed by atoms with E-state index in [1.165, 1.54) is 0 Å². The molecular weight excluding hydrogens is 346 g/mol. The Balaban J connectivity index is 1.24. The highest BCUT2D eigenvalue weighted by atomic mass is 16.5. The van der Waals surface area contributed by atoms with Crippen LogP contribution in [0.15, 0.2) is 63.7 Å². The van der Waals surface area contributed by atoms with Crippen LogP contribution in [0, 0.1) is 0 Å². The average molecular weight is 361 g/mol. The zero-order valence-corrected chi connectivity index (χ0v) is 14.2. The molecule has 1 aromatic carbocycles. The van der Waals surface area contributed by atoms with E-state index in [9.17, 15) is 4.79 Å². The number of amides is 1. The zero-order valence-electron chi connectivity index (χ0n) is 14.2. The van der Waals surface area contributed by atoms with E-state index in [0.717, 1.165) is 5.56 Å². The molecule has 1 N–H and O–H groups in total. The van der Waals surface area contributed by atoms with Crippen molar-refractivity contribution in [3.8, 4) is 22.8 Å². The van der Waals surface area contributed by atoms with Crippen molar-refractivity contribution in [3.63, 3.8) is 0 Å². The molecule has 0 saturated carbocycles. The molecule has 134 valence electrons. The van der Waals surface area contributed by atoms with Crippen LogP contribution in [0.25, 0.3) is 22.8 Å². The smallest absolute Gasteiger partial charge is 0.274 e. The normalized spacial score (nSPS) is 14.3. The molecule has 1 aliphatic rings. The lowest BCUT2D eigenvalue weighted by molar-refractivity contribution is 0.0563. The molecule has 27 heavy (non-hydrogen) atoms. The topological polar surface area (TPSA) is 101 Å². The summed E-state index contributed by atoms with van der Waals surface area (Å²) in [4.78, 5) is 18.7. The number of hydrogen-bond acceptors (Lipinski definition) is 6. The van der Waals surface area contributed by atoms with E-state index in [1.807, 2.05) is 30.3 Å². The molecule has 8 heteroatoms. The number of aromatic nitrogens is 4. The van der Waals surface area contributed by atoms with E-state index in [-0.39, 0.29) is 11.8 Å². The van der Waals surface area contributed by atoms with E-state index in [2.05, 4.69) is 20.3 Å². The van der Waals surface area contributed by atoms with Crippen LogP contribution in [0.4, 0.5) is 0 Å². The van der Waals surface area contributed by atoms with Gasteiger partial charge in [0.1, 0.15) is 5.69 Å². The first-order chi connectivity index (χ1) is 13.3. The third-order valence-corrected chi connectivity index (χ3v) is 4.58. The highest BCUT2D eigenvalue weighted by Gasteiger charge is 2.37. The van der Waals surface area contributed by atoms with Gasteiger partial charge in [0.15, 0.2) is 11.5 Å². The predicted octanol–water partition coefficient (Wildman–Crippen LogP) is 2.96. The summed E-state index contributed by atoms with van der Waals surface area (Å²) in [6.45, 7) is 1.05. The van der Waals surface area contributed by atoms with Crippen LogP contribution in [-0.2, 0) is 0 Å². The number of furan rings is 1. The van der Waals surface area contributed by atoms with Gasteiger partial charge in [-0.1, -0.05) is 35.5 Å². The van der Waals surface area contributed by atoms with Crippen molar-refractivity contribution in [1.82, 2.24) is 25.2 Å². The Morgan fingerprint density at radius 2 is 2.00 bits per heavy atom. The van der Waals surface area contributed by atoms with E-state index < -0.39 is 0 Å². The number of carbonyl (C=O) groups is 1.